The minimum absolute atomic E-state index is 0.684. The molecule has 8 heavy (non-hydrogen) atoms. The van der Waals surface area contributed by atoms with Gasteiger partial charge in [-0.3, -0.25) is 0 Å². The molecule has 0 aromatic carbocycles. The van der Waals surface area contributed by atoms with E-state index in [2.05, 4.69) is 12.6 Å². The van der Waals surface area contributed by atoms with Crippen LogP contribution in [0.15, 0.2) is 0 Å². The zero-order valence-electron chi connectivity index (χ0n) is 4.15. The van der Waals surface area contributed by atoms with Crippen molar-refractivity contribution in [3.63, 3.8) is 0 Å². The van der Waals surface area contributed by atoms with Gasteiger partial charge in [0.2, 0.25) is 0 Å². The fourth-order valence-corrected chi connectivity index (χ4v) is 0. The maximum absolute atomic E-state index is 8.36. The van der Waals surface area contributed by atoms with E-state index in [0.29, 0.717) is 6.54 Å². The van der Waals surface area contributed by atoms with Crippen LogP contribution in [0.1, 0.15) is 0 Å². The van der Waals surface area contributed by atoms with Gasteiger partial charge < -0.3 is 10.9 Å². The summed E-state index contributed by atoms with van der Waals surface area (Å²) < 4.78 is 0. The lowest BCUT2D eigenvalue weighted by Gasteiger charge is -1.69. The van der Waals surface area contributed by atoms with Crippen molar-refractivity contribution in [2.24, 2.45) is 5.73 Å². The predicted molar refractivity (Wildman–Crippen MR) is 31.7 cm³/mol. The monoisotopic (exact) mass is 140 g/mol. The molecule has 0 fully saturated rings. The van der Waals surface area contributed by atoms with Gasteiger partial charge in [0.1, 0.15) is 0 Å². The molecular weight excluding hydrogens is 132 g/mol. The fraction of sp³-hybridized carbons (Fsp3) is 1.00. The van der Waals surface area contributed by atoms with Crippen LogP contribution in [0.4, 0.5) is 0 Å². The molecule has 0 heterocycles. The van der Waals surface area contributed by atoms with Crippen molar-refractivity contribution >= 4 is 12.6 Å². The average Bonchev–Trinajstić information content (AvgIpc) is 1.65. The maximum atomic E-state index is 8.36. The third-order valence-corrected chi connectivity index (χ3v) is 0.387. The second-order valence-electron chi connectivity index (χ2n) is 0.750. The Balaban J connectivity index is 0. The highest BCUT2D eigenvalue weighted by atomic mass is 32.1. The molecule has 0 spiro atoms. The summed E-state index contributed by atoms with van der Waals surface area (Å²) >= 11 is 3.80. The van der Waals surface area contributed by atoms with Gasteiger partial charge >= 0.3 is 0 Å². The van der Waals surface area contributed by atoms with E-state index in [-0.39, 0.29) is 0 Å². The quantitative estimate of drug-likeness (QED) is 0.261. The summed E-state index contributed by atoms with van der Waals surface area (Å²) in [5.74, 6) is 0.792. The Bertz CT molecular complexity index is 53.2. The lowest BCUT2D eigenvalue weighted by atomic mass is 10.8. The van der Waals surface area contributed by atoms with Crippen LogP contribution < -0.4 is 5.73 Å². The largest absolute Gasteiger partial charge is 0.330 e. The van der Waals surface area contributed by atoms with Gasteiger partial charge in [-0.25, -0.2) is 0 Å². The Morgan fingerprint density at radius 1 is 1.88 bits per heavy atom. The summed E-state index contributed by atoms with van der Waals surface area (Å²) in [6.45, 7) is 0.684. The molecule has 0 rings (SSSR count). The first-order valence-corrected chi connectivity index (χ1v) is 2.42. The Kier molecular flexibility index (Phi) is 12.7. The predicted octanol–water partition coefficient (Wildman–Crippen LogP) is -0.473. The van der Waals surface area contributed by atoms with Gasteiger partial charge in [-0.05, 0) is 0 Å². The second-order valence-corrected chi connectivity index (χ2v) is 1.20. The zero-order valence-corrected chi connectivity index (χ0v) is 5.04. The molecule has 0 saturated heterocycles. The number of nitrogens with zero attached hydrogens (tertiary/aromatic N) is 1. The van der Waals surface area contributed by atoms with Crippen molar-refractivity contribution in [3.05, 3.63) is 10.1 Å². The van der Waals surface area contributed by atoms with Crippen LogP contribution in [-0.4, -0.2) is 22.6 Å². The molecule has 0 saturated carbocycles. The topological polar surface area (TPSA) is 89.4 Å². The number of nitrogens with two attached hydrogens (primary N) is 1. The normalized spacial score (nSPS) is 6.75. The molecule has 6 heteroatoms. The standard InChI is InChI=1S/C2H7NS.HNO3/c3-1-2-4;2-1(3)4/h4H,1-3H2;(H,2,3,4). The summed E-state index contributed by atoms with van der Waals surface area (Å²) in [6, 6.07) is 0. The van der Waals surface area contributed by atoms with Crippen molar-refractivity contribution in [1.82, 2.24) is 0 Å². The van der Waals surface area contributed by atoms with E-state index in [4.69, 9.17) is 21.1 Å². The molecule has 0 aliphatic rings. The molecular formula is C2H8N2O3S. The van der Waals surface area contributed by atoms with E-state index in [1.54, 1.807) is 0 Å². The van der Waals surface area contributed by atoms with E-state index in [1.165, 1.54) is 0 Å². The van der Waals surface area contributed by atoms with Crippen LogP contribution in [0.3, 0.4) is 0 Å². The molecule has 3 N–H and O–H groups in total. The Labute approximate surface area is 52.0 Å². The van der Waals surface area contributed by atoms with Crippen LogP contribution in [0.2, 0.25) is 0 Å². The molecule has 0 aromatic rings. The summed E-state index contributed by atoms with van der Waals surface area (Å²) in [7, 11) is 0. The lowest BCUT2D eigenvalue weighted by molar-refractivity contribution is -0.742. The molecule has 0 aliphatic heterocycles. The Morgan fingerprint density at radius 3 is 2.00 bits per heavy atom. The maximum Gasteiger partial charge on any atom is 0.291 e. The molecule has 50 valence electrons. The van der Waals surface area contributed by atoms with Gasteiger partial charge in [0.15, 0.2) is 0 Å². The van der Waals surface area contributed by atoms with Crippen LogP contribution in [-0.2, 0) is 0 Å². The minimum Gasteiger partial charge on any atom is -0.330 e. The van der Waals surface area contributed by atoms with E-state index >= 15 is 0 Å². The third-order valence-electron chi connectivity index (χ3n) is 0.129. The van der Waals surface area contributed by atoms with Crippen molar-refractivity contribution in [1.29, 1.82) is 0 Å². The number of thiol groups is 1. The highest BCUT2D eigenvalue weighted by molar-refractivity contribution is 7.80. The highest BCUT2D eigenvalue weighted by Crippen LogP contribution is 1.58. The van der Waals surface area contributed by atoms with Crippen molar-refractivity contribution in [3.8, 4) is 0 Å². The number of hydrogen-bond donors (Lipinski definition) is 3. The van der Waals surface area contributed by atoms with Crippen LogP contribution in [0.5, 0.6) is 0 Å². The van der Waals surface area contributed by atoms with E-state index < -0.39 is 5.09 Å². The van der Waals surface area contributed by atoms with Crippen molar-refractivity contribution < 1.29 is 10.3 Å². The van der Waals surface area contributed by atoms with Gasteiger partial charge in [0.25, 0.3) is 5.09 Å². The Hall–Kier alpha value is -0.490. The van der Waals surface area contributed by atoms with Crippen LogP contribution >= 0.6 is 12.6 Å². The van der Waals surface area contributed by atoms with Gasteiger partial charge in [-0.1, -0.05) is 0 Å². The molecule has 0 radical (unpaired) electrons. The van der Waals surface area contributed by atoms with Crippen molar-refractivity contribution in [2.45, 2.75) is 0 Å². The Morgan fingerprint density at radius 2 is 2.00 bits per heavy atom. The lowest BCUT2D eigenvalue weighted by Crippen LogP contribution is -1.97. The van der Waals surface area contributed by atoms with Crippen LogP contribution in [0, 0.1) is 10.1 Å². The molecule has 0 atom stereocenters. The summed E-state index contributed by atoms with van der Waals surface area (Å²) in [5.41, 5.74) is 4.95. The SMILES string of the molecule is NCCS.O=[N+]([O-])O. The highest BCUT2D eigenvalue weighted by Gasteiger charge is 1.65. The van der Waals surface area contributed by atoms with Gasteiger partial charge in [0.05, 0.1) is 0 Å². The molecule has 0 aromatic heterocycles. The van der Waals surface area contributed by atoms with Crippen LogP contribution in [0.25, 0.3) is 0 Å². The third kappa shape index (κ3) is 431. The number of rotatable bonds is 1. The van der Waals surface area contributed by atoms with Gasteiger partial charge in [0, 0.05) is 12.3 Å². The average molecular weight is 140 g/mol. The van der Waals surface area contributed by atoms with Crippen molar-refractivity contribution in [2.75, 3.05) is 12.3 Å². The first-order valence-electron chi connectivity index (χ1n) is 1.79. The smallest absolute Gasteiger partial charge is 0.291 e. The van der Waals surface area contributed by atoms with E-state index in [1.807, 2.05) is 0 Å². The molecule has 0 bridgehead atoms. The molecule has 0 unspecified atom stereocenters. The zero-order chi connectivity index (χ0) is 6.99. The van der Waals surface area contributed by atoms with E-state index in [9.17, 15) is 0 Å². The van der Waals surface area contributed by atoms with E-state index in [0.717, 1.165) is 5.75 Å². The fourth-order valence-electron chi connectivity index (χ4n) is 0. The summed E-state index contributed by atoms with van der Waals surface area (Å²) in [5, 5.41) is 13.6. The number of hydrogen-bond acceptors (Lipinski definition) is 4. The first-order chi connectivity index (χ1) is 3.65. The summed E-state index contributed by atoms with van der Waals surface area (Å²) in [4.78, 5) is 8.36. The molecule has 0 aliphatic carbocycles. The molecule has 5 nitrogen and oxygen atoms in total. The van der Waals surface area contributed by atoms with Gasteiger partial charge in [-0.15, -0.1) is 10.1 Å². The minimum atomic E-state index is -1.50. The molecule has 0 amide bonds. The second kappa shape index (κ2) is 9.72. The summed E-state index contributed by atoms with van der Waals surface area (Å²) in [6.07, 6.45) is 0. The first kappa shape index (κ1) is 10.5. The van der Waals surface area contributed by atoms with Gasteiger partial charge in [-0.2, -0.15) is 12.6 Å².